The van der Waals surface area contributed by atoms with Gasteiger partial charge in [-0.3, -0.25) is 14.6 Å². The summed E-state index contributed by atoms with van der Waals surface area (Å²) in [5.74, 6) is 0.788. The van der Waals surface area contributed by atoms with Gasteiger partial charge in [0, 0.05) is 24.3 Å². The van der Waals surface area contributed by atoms with Gasteiger partial charge >= 0.3 is 0 Å². The zero-order chi connectivity index (χ0) is 16.2. The molecule has 6 nitrogen and oxygen atoms in total. The van der Waals surface area contributed by atoms with Gasteiger partial charge in [-0.15, -0.1) is 23.1 Å². The molecule has 3 heterocycles. The molecule has 0 aliphatic heterocycles. The number of thiophene rings is 1. The van der Waals surface area contributed by atoms with E-state index in [1.165, 1.54) is 23.1 Å². The van der Waals surface area contributed by atoms with Gasteiger partial charge in [0.1, 0.15) is 10.5 Å². The number of amides is 1. The first-order valence-corrected chi connectivity index (χ1v) is 8.73. The van der Waals surface area contributed by atoms with Crippen LogP contribution in [0.1, 0.15) is 5.82 Å². The Morgan fingerprint density at radius 2 is 2.13 bits per heavy atom. The maximum atomic E-state index is 12.2. The van der Waals surface area contributed by atoms with Crippen LogP contribution in [0.25, 0.3) is 10.2 Å². The number of rotatable bonds is 5. The van der Waals surface area contributed by atoms with Crippen LogP contribution in [-0.4, -0.2) is 38.6 Å². The molecular formula is C15H14N4O2S2. The number of aromatic amines is 1. The molecule has 0 spiro atoms. The fourth-order valence-electron chi connectivity index (χ4n) is 2.00. The van der Waals surface area contributed by atoms with Crippen molar-refractivity contribution in [2.45, 2.75) is 11.4 Å². The molecule has 3 aromatic rings. The maximum absolute atomic E-state index is 12.2. The number of H-pyrrole nitrogens is 1. The van der Waals surface area contributed by atoms with Crippen LogP contribution in [0.4, 0.5) is 0 Å². The lowest BCUT2D eigenvalue weighted by Crippen LogP contribution is -2.29. The highest BCUT2D eigenvalue weighted by atomic mass is 32.2. The van der Waals surface area contributed by atoms with Crippen molar-refractivity contribution in [3.8, 4) is 0 Å². The molecule has 0 saturated carbocycles. The van der Waals surface area contributed by atoms with Gasteiger partial charge in [0.05, 0.1) is 17.8 Å². The van der Waals surface area contributed by atoms with E-state index in [1.807, 2.05) is 17.5 Å². The largest absolute Gasteiger partial charge is 0.338 e. The van der Waals surface area contributed by atoms with Crippen LogP contribution < -0.4 is 5.56 Å². The minimum absolute atomic E-state index is 0.0279. The average Bonchev–Trinajstić information content (AvgIpc) is 3.02. The Morgan fingerprint density at radius 1 is 1.35 bits per heavy atom. The fourth-order valence-corrected chi connectivity index (χ4v) is 3.55. The third-order valence-corrected chi connectivity index (χ3v) is 5.09. The van der Waals surface area contributed by atoms with E-state index in [4.69, 9.17) is 0 Å². The van der Waals surface area contributed by atoms with Crippen LogP contribution in [0.3, 0.4) is 0 Å². The van der Waals surface area contributed by atoms with Crippen LogP contribution >= 0.6 is 23.1 Å². The quantitative estimate of drug-likeness (QED) is 0.716. The number of pyridine rings is 1. The Bertz CT molecular complexity index is 876. The fraction of sp³-hybridized carbons (Fsp3) is 0.200. The molecule has 0 aliphatic rings. The van der Waals surface area contributed by atoms with Crippen molar-refractivity contribution in [1.29, 1.82) is 0 Å². The number of nitrogens with one attached hydrogen (secondary N) is 1. The summed E-state index contributed by atoms with van der Waals surface area (Å²) >= 11 is 2.81. The molecule has 0 aliphatic carbocycles. The van der Waals surface area contributed by atoms with Gasteiger partial charge < -0.3 is 9.88 Å². The zero-order valence-electron chi connectivity index (χ0n) is 12.4. The third-order valence-electron chi connectivity index (χ3n) is 3.19. The molecule has 1 amide bonds. The molecule has 3 rings (SSSR count). The summed E-state index contributed by atoms with van der Waals surface area (Å²) < 4.78 is 0.607. The van der Waals surface area contributed by atoms with E-state index in [0.29, 0.717) is 21.8 Å². The van der Waals surface area contributed by atoms with Crippen LogP contribution in [0.2, 0.25) is 0 Å². The number of carbonyl (C=O) groups excluding carboxylic acids is 1. The number of hydrogen-bond donors (Lipinski definition) is 1. The number of hydrogen-bond acceptors (Lipinski definition) is 6. The van der Waals surface area contributed by atoms with E-state index < -0.39 is 0 Å². The monoisotopic (exact) mass is 346 g/mol. The summed E-state index contributed by atoms with van der Waals surface area (Å²) in [6, 6.07) is 5.53. The highest BCUT2D eigenvalue weighted by Crippen LogP contribution is 2.17. The van der Waals surface area contributed by atoms with Gasteiger partial charge in [0.2, 0.25) is 5.91 Å². The van der Waals surface area contributed by atoms with Gasteiger partial charge in [0.15, 0.2) is 0 Å². The Balaban J connectivity index is 1.64. The van der Waals surface area contributed by atoms with Crippen LogP contribution in [0.5, 0.6) is 0 Å². The lowest BCUT2D eigenvalue weighted by Gasteiger charge is -2.16. The van der Waals surface area contributed by atoms with Gasteiger partial charge in [0.25, 0.3) is 5.56 Å². The molecule has 0 saturated heterocycles. The van der Waals surface area contributed by atoms with Crippen LogP contribution in [0.15, 0.2) is 45.7 Å². The van der Waals surface area contributed by atoms with E-state index in [2.05, 4.69) is 15.0 Å². The maximum Gasteiger partial charge on any atom is 0.268 e. The summed E-state index contributed by atoms with van der Waals surface area (Å²) in [5, 5.41) is 1.83. The van der Waals surface area contributed by atoms with Crippen molar-refractivity contribution >= 4 is 39.2 Å². The van der Waals surface area contributed by atoms with Gasteiger partial charge in [-0.05, 0) is 23.6 Å². The van der Waals surface area contributed by atoms with Gasteiger partial charge in [-0.25, -0.2) is 4.98 Å². The predicted octanol–water partition coefficient (Wildman–Crippen LogP) is 2.13. The second-order valence-corrected chi connectivity index (χ2v) is 6.83. The molecular weight excluding hydrogens is 332 g/mol. The number of carbonyl (C=O) groups is 1. The second-order valence-electron chi connectivity index (χ2n) is 4.87. The topological polar surface area (TPSA) is 79.0 Å². The summed E-state index contributed by atoms with van der Waals surface area (Å²) in [6.45, 7) is 0.275. The molecule has 118 valence electrons. The molecule has 0 unspecified atom stereocenters. The standard InChI is InChI=1S/C15H14N4O2S2/c1-19(13(20)9-23-10-2-5-16-6-3-10)8-12-17-11-4-7-22-14(11)15(21)18-12/h2-7H,8-9H2,1H3,(H,17,18,21). The molecule has 0 fully saturated rings. The average molecular weight is 346 g/mol. The number of nitrogens with zero attached hydrogens (tertiary/aromatic N) is 3. The summed E-state index contributed by atoms with van der Waals surface area (Å²) in [4.78, 5) is 37.7. The minimum Gasteiger partial charge on any atom is -0.338 e. The summed E-state index contributed by atoms with van der Waals surface area (Å²) in [6.07, 6.45) is 3.39. The molecule has 0 radical (unpaired) electrons. The summed E-state index contributed by atoms with van der Waals surface area (Å²) in [5.41, 5.74) is 0.507. The predicted molar refractivity (Wildman–Crippen MR) is 91.7 cm³/mol. The minimum atomic E-state index is -0.160. The van der Waals surface area contributed by atoms with E-state index >= 15 is 0 Å². The van der Waals surface area contributed by atoms with Crippen molar-refractivity contribution in [2.75, 3.05) is 12.8 Å². The number of thioether (sulfide) groups is 1. The molecule has 23 heavy (non-hydrogen) atoms. The highest BCUT2D eigenvalue weighted by molar-refractivity contribution is 8.00. The highest BCUT2D eigenvalue weighted by Gasteiger charge is 2.12. The first-order chi connectivity index (χ1) is 11.1. The lowest BCUT2D eigenvalue weighted by atomic mass is 10.4. The molecule has 3 aromatic heterocycles. The molecule has 0 aromatic carbocycles. The Hall–Kier alpha value is -2.19. The van der Waals surface area contributed by atoms with Crippen LogP contribution in [-0.2, 0) is 11.3 Å². The zero-order valence-corrected chi connectivity index (χ0v) is 14.0. The first kappa shape index (κ1) is 15.7. The van der Waals surface area contributed by atoms with Crippen molar-refractivity contribution < 1.29 is 4.79 Å². The van der Waals surface area contributed by atoms with E-state index in [-0.39, 0.29) is 18.0 Å². The number of fused-ring (bicyclic) bond motifs is 1. The van der Waals surface area contributed by atoms with Gasteiger partial charge in [-0.1, -0.05) is 0 Å². The molecule has 0 atom stereocenters. The van der Waals surface area contributed by atoms with Gasteiger partial charge in [-0.2, -0.15) is 0 Å². The second kappa shape index (κ2) is 6.93. The summed E-state index contributed by atoms with van der Waals surface area (Å²) in [7, 11) is 1.70. The molecule has 1 N–H and O–H groups in total. The molecule has 0 bridgehead atoms. The van der Waals surface area contributed by atoms with E-state index in [1.54, 1.807) is 30.4 Å². The normalized spacial score (nSPS) is 10.8. The van der Waals surface area contributed by atoms with Crippen molar-refractivity contribution in [3.05, 3.63) is 52.2 Å². The van der Waals surface area contributed by atoms with Crippen molar-refractivity contribution in [3.63, 3.8) is 0 Å². The van der Waals surface area contributed by atoms with E-state index in [9.17, 15) is 9.59 Å². The first-order valence-electron chi connectivity index (χ1n) is 6.86. The van der Waals surface area contributed by atoms with Crippen LogP contribution in [0, 0.1) is 0 Å². The van der Waals surface area contributed by atoms with E-state index in [0.717, 1.165) is 4.90 Å². The van der Waals surface area contributed by atoms with Crippen molar-refractivity contribution in [2.24, 2.45) is 0 Å². The molecule has 8 heteroatoms. The third kappa shape index (κ3) is 3.77. The number of aromatic nitrogens is 3. The van der Waals surface area contributed by atoms with Crippen molar-refractivity contribution in [1.82, 2.24) is 19.9 Å². The smallest absolute Gasteiger partial charge is 0.268 e. The Labute approximate surface area is 140 Å². The SMILES string of the molecule is CN(Cc1nc2ccsc2c(=O)[nH]1)C(=O)CSc1ccncc1. The Kier molecular flexibility index (Phi) is 4.73. The Morgan fingerprint density at radius 3 is 2.91 bits per heavy atom. The lowest BCUT2D eigenvalue weighted by molar-refractivity contribution is -0.127.